The number of esters is 1. The number of amides is 1. The van der Waals surface area contributed by atoms with Gasteiger partial charge >= 0.3 is 5.97 Å². The summed E-state index contributed by atoms with van der Waals surface area (Å²) < 4.78 is 9.41. The van der Waals surface area contributed by atoms with Crippen LogP contribution in [0.15, 0.2) is 16.7 Å². The maximum Gasteiger partial charge on any atom is 0.330 e. The molecule has 0 radical (unpaired) electrons. The standard InChI is InChI=1S/C14H20N4O4/c1-10-16-12(17-22-10)9-18-8-4-5-11(18)14(20)15-7-3-6-13(19)21-2/h3,6,11H,4-5,7-9H2,1-2H3,(H,15,20)/b6-3+. The van der Waals surface area contributed by atoms with E-state index in [9.17, 15) is 9.59 Å². The number of aromatic nitrogens is 2. The van der Waals surface area contributed by atoms with Gasteiger partial charge in [-0.2, -0.15) is 4.98 Å². The maximum atomic E-state index is 12.2. The van der Waals surface area contributed by atoms with E-state index in [1.54, 1.807) is 13.0 Å². The Morgan fingerprint density at radius 2 is 2.36 bits per heavy atom. The Labute approximate surface area is 128 Å². The molecule has 1 N–H and O–H groups in total. The molecule has 0 aromatic carbocycles. The first kappa shape index (κ1) is 16.2. The Balaban J connectivity index is 1.83. The summed E-state index contributed by atoms with van der Waals surface area (Å²) in [4.78, 5) is 29.3. The summed E-state index contributed by atoms with van der Waals surface area (Å²) in [5, 5.41) is 6.64. The van der Waals surface area contributed by atoms with Gasteiger partial charge in [0.05, 0.1) is 19.7 Å². The number of carbonyl (C=O) groups excluding carboxylic acids is 2. The average molecular weight is 308 g/mol. The predicted octanol–water partition coefficient (Wildman–Crippen LogP) is 0.188. The molecule has 8 heteroatoms. The Kier molecular flexibility index (Phi) is 5.65. The zero-order chi connectivity index (χ0) is 15.9. The molecule has 1 fully saturated rings. The summed E-state index contributed by atoms with van der Waals surface area (Å²) >= 11 is 0. The average Bonchev–Trinajstić information content (AvgIpc) is 3.12. The van der Waals surface area contributed by atoms with Crippen molar-refractivity contribution >= 4 is 11.9 Å². The summed E-state index contributed by atoms with van der Waals surface area (Å²) in [5.41, 5.74) is 0. The molecule has 120 valence electrons. The van der Waals surface area contributed by atoms with Crippen LogP contribution in [0.4, 0.5) is 0 Å². The van der Waals surface area contributed by atoms with E-state index in [2.05, 4.69) is 20.2 Å². The van der Waals surface area contributed by atoms with E-state index in [0.29, 0.717) is 24.8 Å². The van der Waals surface area contributed by atoms with Crippen molar-refractivity contribution in [1.29, 1.82) is 0 Å². The van der Waals surface area contributed by atoms with E-state index >= 15 is 0 Å². The fourth-order valence-electron chi connectivity index (χ4n) is 2.40. The van der Waals surface area contributed by atoms with Crippen LogP contribution in [0, 0.1) is 6.92 Å². The number of aryl methyl sites for hydroxylation is 1. The molecule has 1 saturated heterocycles. The number of likely N-dealkylation sites (tertiary alicyclic amines) is 1. The van der Waals surface area contributed by atoms with Crippen LogP contribution >= 0.6 is 0 Å². The number of hydrogen-bond acceptors (Lipinski definition) is 7. The third kappa shape index (κ3) is 4.39. The van der Waals surface area contributed by atoms with E-state index in [1.165, 1.54) is 13.2 Å². The molecule has 1 aliphatic rings. The van der Waals surface area contributed by atoms with Gasteiger partial charge in [0.1, 0.15) is 0 Å². The first-order valence-electron chi connectivity index (χ1n) is 7.15. The molecule has 8 nitrogen and oxygen atoms in total. The second-order valence-corrected chi connectivity index (χ2v) is 5.03. The third-order valence-corrected chi connectivity index (χ3v) is 3.43. The Hall–Kier alpha value is -2.22. The molecule has 2 rings (SSSR count). The van der Waals surface area contributed by atoms with E-state index in [4.69, 9.17) is 4.52 Å². The minimum absolute atomic E-state index is 0.0627. The van der Waals surface area contributed by atoms with Crippen molar-refractivity contribution in [1.82, 2.24) is 20.4 Å². The number of hydrogen-bond donors (Lipinski definition) is 1. The number of nitrogens with zero attached hydrogens (tertiary/aromatic N) is 3. The molecule has 0 saturated carbocycles. The Morgan fingerprint density at radius 1 is 1.55 bits per heavy atom. The molecule has 1 unspecified atom stereocenters. The van der Waals surface area contributed by atoms with Gasteiger partial charge in [0.15, 0.2) is 5.82 Å². The maximum absolute atomic E-state index is 12.2. The second kappa shape index (κ2) is 7.69. The fraction of sp³-hybridized carbons (Fsp3) is 0.571. The molecule has 1 atom stereocenters. The summed E-state index contributed by atoms with van der Waals surface area (Å²) in [6, 6.07) is -0.203. The SMILES string of the molecule is COC(=O)/C=C/CNC(=O)C1CCCN1Cc1noc(C)n1. The van der Waals surface area contributed by atoms with Crippen molar-refractivity contribution < 1.29 is 18.8 Å². The lowest BCUT2D eigenvalue weighted by Gasteiger charge is -2.21. The van der Waals surface area contributed by atoms with Gasteiger partial charge in [-0.05, 0) is 19.4 Å². The molecule has 2 heterocycles. The van der Waals surface area contributed by atoms with Crippen LogP contribution in [-0.2, 0) is 20.9 Å². The van der Waals surface area contributed by atoms with Crippen molar-refractivity contribution in [3.63, 3.8) is 0 Å². The van der Waals surface area contributed by atoms with Gasteiger partial charge in [-0.25, -0.2) is 4.79 Å². The van der Waals surface area contributed by atoms with Crippen LogP contribution in [0.1, 0.15) is 24.6 Å². The normalized spacial score (nSPS) is 18.7. The van der Waals surface area contributed by atoms with Crippen LogP contribution < -0.4 is 5.32 Å². The summed E-state index contributed by atoms with van der Waals surface area (Å²) in [5.74, 6) is 0.599. The van der Waals surface area contributed by atoms with Crippen LogP contribution in [0.5, 0.6) is 0 Å². The van der Waals surface area contributed by atoms with Gasteiger partial charge in [0.25, 0.3) is 0 Å². The zero-order valence-electron chi connectivity index (χ0n) is 12.7. The van der Waals surface area contributed by atoms with Crippen LogP contribution in [0.2, 0.25) is 0 Å². The van der Waals surface area contributed by atoms with Gasteiger partial charge in [-0.15, -0.1) is 0 Å². The van der Waals surface area contributed by atoms with Gasteiger partial charge in [0.2, 0.25) is 11.8 Å². The predicted molar refractivity (Wildman–Crippen MR) is 76.6 cm³/mol. The van der Waals surface area contributed by atoms with E-state index < -0.39 is 5.97 Å². The molecule has 1 aromatic rings. The summed E-state index contributed by atoms with van der Waals surface area (Å²) in [7, 11) is 1.31. The molecular formula is C14H20N4O4. The highest BCUT2D eigenvalue weighted by atomic mass is 16.5. The first-order valence-corrected chi connectivity index (χ1v) is 7.15. The quantitative estimate of drug-likeness (QED) is 0.591. The molecule has 22 heavy (non-hydrogen) atoms. The lowest BCUT2D eigenvalue weighted by molar-refractivity contribution is -0.135. The van der Waals surface area contributed by atoms with E-state index in [1.807, 2.05) is 4.90 Å². The van der Waals surface area contributed by atoms with Gasteiger partial charge in [-0.3, -0.25) is 9.69 Å². The molecule has 0 aliphatic carbocycles. The second-order valence-electron chi connectivity index (χ2n) is 5.03. The van der Waals surface area contributed by atoms with E-state index in [-0.39, 0.29) is 11.9 Å². The molecule has 1 aromatic heterocycles. The lowest BCUT2D eigenvalue weighted by atomic mass is 10.2. The largest absolute Gasteiger partial charge is 0.466 e. The molecule has 0 spiro atoms. The summed E-state index contributed by atoms with van der Waals surface area (Å²) in [6.45, 7) is 3.34. The van der Waals surface area contributed by atoms with Crippen molar-refractivity contribution in [2.75, 3.05) is 20.2 Å². The first-order chi connectivity index (χ1) is 10.6. The molecule has 1 aliphatic heterocycles. The van der Waals surface area contributed by atoms with Gasteiger partial charge in [-0.1, -0.05) is 11.2 Å². The van der Waals surface area contributed by atoms with Crippen LogP contribution in [0.3, 0.4) is 0 Å². The smallest absolute Gasteiger partial charge is 0.330 e. The Morgan fingerprint density at radius 3 is 3.05 bits per heavy atom. The number of nitrogens with one attached hydrogen (secondary N) is 1. The number of ether oxygens (including phenoxy) is 1. The van der Waals surface area contributed by atoms with Gasteiger partial charge in [0, 0.05) is 19.5 Å². The fourth-order valence-corrected chi connectivity index (χ4v) is 2.40. The third-order valence-electron chi connectivity index (χ3n) is 3.43. The van der Waals surface area contributed by atoms with Crippen molar-refractivity contribution in [3.05, 3.63) is 23.9 Å². The minimum Gasteiger partial charge on any atom is -0.466 e. The number of carbonyl (C=O) groups is 2. The van der Waals surface area contributed by atoms with Crippen molar-refractivity contribution in [2.24, 2.45) is 0 Å². The van der Waals surface area contributed by atoms with E-state index in [0.717, 1.165) is 19.4 Å². The number of methoxy groups -OCH3 is 1. The number of rotatable bonds is 6. The molecular weight excluding hydrogens is 288 g/mol. The Bertz CT molecular complexity index is 555. The topological polar surface area (TPSA) is 97.6 Å². The zero-order valence-corrected chi connectivity index (χ0v) is 12.7. The van der Waals surface area contributed by atoms with Crippen molar-refractivity contribution in [2.45, 2.75) is 32.4 Å². The summed E-state index contributed by atoms with van der Waals surface area (Å²) in [6.07, 6.45) is 4.59. The molecule has 0 bridgehead atoms. The van der Waals surface area contributed by atoms with Crippen LogP contribution in [-0.4, -0.2) is 53.2 Å². The minimum atomic E-state index is -0.441. The lowest BCUT2D eigenvalue weighted by Crippen LogP contribution is -2.43. The highest BCUT2D eigenvalue weighted by Gasteiger charge is 2.31. The van der Waals surface area contributed by atoms with Crippen molar-refractivity contribution in [3.8, 4) is 0 Å². The molecule has 1 amide bonds. The monoisotopic (exact) mass is 308 g/mol. The van der Waals surface area contributed by atoms with Crippen LogP contribution in [0.25, 0.3) is 0 Å². The highest BCUT2D eigenvalue weighted by molar-refractivity contribution is 5.83. The van der Waals surface area contributed by atoms with Gasteiger partial charge < -0.3 is 14.6 Å². The highest BCUT2D eigenvalue weighted by Crippen LogP contribution is 2.19.